The van der Waals surface area contributed by atoms with Gasteiger partial charge >= 0.3 is 0 Å². The number of para-hydroxylation sites is 1. The lowest BCUT2D eigenvalue weighted by Crippen LogP contribution is -2.46. The van der Waals surface area contributed by atoms with Crippen LogP contribution in [0.15, 0.2) is 42.5 Å². The van der Waals surface area contributed by atoms with E-state index >= 15 is 0 Å². The number of ether oxygens (including phenoxy) is 1. The van der Waals surface area contributed by atoms with Crippen molar-refractivity contribution in [1.82, 2.24) is 10.2 Å². The summed E-state index contributed by atoms with van der Waals surface area (Å²) >= 11 is 0. The van der Waals surface area contributed by atoms with Gasteiger partial charge in [-0.3, -0.25) is 9.59 Å². The first kappa shape index (κ1) is 21.8. The Balaban J connectivity index is 1.36. The summed E-state index contributed by atoms with van der Waals surface area (Å²) < 4.78 is 18.9. The number of piperidine rings is 1. The fraction of sp³-hybridized carbons (Fsp3) is 0.417. The molecule has 1 N–H and O–H groups in total. The number of carbonyl (C=O) groups excluding carboxylic acids is 2. The molecule has 0 aliphatic carbocycles. The highest BCUT2D eigenvalue weighted by Gasteiger charge is 2.24. The summed E-state index contributed by atoms with van der Waals surface area (Å²) in [6.07, 6.45) is 2.51. The van der Waals surface area contributed by atoms with Gasteiger partial charge in [0.15, 0.2) is 0 Å². The number of nitrogens with zero attached hydrogens (tertiary/aromatic N) is 1. The average Bonchev–Trinajstić information content (AvgIpc) is 2.73. The average molecular weight is 413 g/mol. The van der Waals surface area contributed by atoms with E-state index in [-0.39, 0.29) is 23.7 Å². The standard InChI is InChI=1S/C24H29FN2O3/c1-17-5-3-6-18(2)23(17)30-16-4-7-22(28)26-21-12-14-27(15-13-21)24(29)19-8-10-20(25)11-9-19/h3,5-6,8-11,21H,4,7,12-16H2,1-2H3,(H,26,28). The van der Waals surface area contributed by atoms with Crippen LogP contribution in [0.25, 0.3) is 0 Å². The van der Waals surface area contributed by atoms with Gasteiger partial charge < -0.3 is 15.0 Å². The summed E-state index contributed by atoms with van der Waals surface area (Å²) in [7, 11) is 0. The minimum Gasteiger partial charge on any atom is -0.493 e. The zero-order valence-electron chi connectivity index (χ0n) is 17.6. The van der Waals surface area contributed by atoms with Gasteiger partial charge in [-0.2, -0.15) is 0 Å². The molecule has 1 fully saturated rings. The molecule has 2 aromatic rings. The second kappa shape index (κ2) is 10.2. The van der Waals surface area contributed by atoms with E-state index in [1.165, 1.54) is 24.3 Å². The molecule has 0 aromatic heterocycles. The summed E-state index contributed by atoms with van der Waals surface area (Å²) in [6.45, 7) is 5.70. The zero-order chi connectivity index (χ0) is 21.5. The summed E-state index contributed by atoms with van der Waals surface area (Å²) in [5.74, 6) is 0.468. The first-order valence-corrected chi connectivity index (χ1v) is 10.5. The number of hydrogen-bond acceptors (Lipinski definition) is 3. The fourth-order valence-corrected chi connectivity index (χ4v) is 3.74. The highest BCUT2D eigenvalue weighted by atomic mass is 19.1. The molecule has 0 saturated carbocycles. The lowest BCUT2D eigenvalue weighted by molar-refractivity contribution is -0.122. The van der Waals surface area contributed by atoms with E-state index in [0.717, 1.165) is 29.7 Å². The van der Waals surface area contributed by atoms with Gasteiger partial charge in [-0.25, -0.2) is 4.39 Å². The first-order valence-electron chi connectivity index (χ1n) is 10.5. The molecule has 5 nitrogen and oxygen atoms in total. The molecule has 0 unspecified atom stereocenters. The summed E-state index contributed by atoms with van der Waals surface area (Å²) in [6, 6.07) is 11.7. The number of amides is 2. The largest absolute Gasteiger partial charge is 0.493 e. The molecule has 0 spiro atoms. The van der Waals surface area contributed by atoms with Crippen LogP contribution in [-0.2, 0) is 4.79 Å². The van der Waals surface area contributed by atoms with Gasteiger partial charge in [-0.15, -0.1) is 0 Å². The summed E-state index contributed by atoms with van der Waals surface area (Å²) in [5.41, 5.74) is 2.69. The molecule has 3 rings (SSSR count). The highest BCUT2D eigenvalue weighted by Crippen LogP contribution is 2.22. The van der Waals surface area contributed by atoms with Crippen molar-refractivity contribution in [2.24, 2.45) is 0 Å². The molecule has 2 amide bonds. The lowest BCUT2D eigenvalue weighted by Gasteiger charge is -2.32. The minimum absolute atomic E-state index is 0.0171. The Bertz CT molecular complexity index is 854. The maximum atomic E-state index is 13.0. The Labute approximate surface area is 177 Å². The third-order valence-corrected chi connectivity index (χ3v) is 5.44. The third kappa shape index (κ3) is 5.81. The number of aryl methyl sites for hydroxylation is 2. The van der Waals surface area contributed by atoms with Gasteiger partial charge in [0.05, 0.1) is 6.61 Å². The maximum Gasteiger partial charge on any atom is 0.253 e. The Morgan fingerprint density at radius 1 is 1.07 bits per heavy atom. The molecular weight excluding hydrogens is 383 g/mol. The van der Waals surface area contributed by atoms with Crippen LogP contribution in [0.4, 0.5) is 4.39 Å². The van der Waals surface area contributed by atoms with Gasteiger partial charge in [0.25, 0.3) is 5.91 Å². The Morgan fingerprint density at radius 3 is 2.33 bits per heavy atom. The molecule has 160 valence electrons. The second-order valence-corrected chi connectivity index (χ2v) is 7.81. The number of benzene rings is 2. The van der Waals surface area contributed by atoms with E-state index in [4.69, 9.17) is 4.74 Å². The van der Waals surface area contributed by atoms with E-state index in [9.17, 15) is 14.0 Å². The van der Waals surface area contributed by atoms with Gasteiger partial charge in [0, 0.05) is 31.1 Å². The van der Waals surface area contributed by atoms with Crippen molar-refractivity contribution in [3.63, 3.8) is 0 Å². The van der Waals surface area contributed by atoms with Crippen molar-refractivity contribution in [1.29, 1.82) is 0 Å². The van der Waals surface area contributed by atoms with Crippen LogP contribution in [-0.4, -0.2) is 42.5 Å². The topological polar surface area (TPSA) is 58.6 Å². The van der Waals surface area contributed by atoms with Crippen LogP contribution in [0, 0.1) is 19.7 Å². The van der Waals surface area contributed by atoms with Crippen molar-refractivity contribution in [2.45, 2.75) is 45.6 Å². The van der Waals surface area contributed by atoms with Gasteiger partial charge in [-0.05, 0) is 68.5 Å². The normalized spacial score (nSPS) is 14.4. The second-order valence-electron chi connectivity index (χ2n) is 7.81. The van der Waals surface area contributed by atoms with Gasteiger partial charge in [0.1, 0.15) is 11.6 Å². The number of nitrogens with one attached hydrogen (secondary N) is 1. The summed E-state index contributed by atoms with van der Waals surface area (Å²) in [4.78, 5) is 26.5. The van der Waals surface area contributed by atoms with E-state index in [1.807, 2.05) is 32.0 Å². The molecule has 1 saturated heterocycles. The number of likely N-dealkylation sites (tertiary alicyclic amines) is 1. The quantitative estimate of drug-likeness (QED) is 0.699. The predicted octanol–water partition coefficient (Wildman–Crippen LogP) is 4.02. The molecule has 0 bridgehead atoms. The Hall–Kier alpha value is -2.89. The van der Waals surface area contributed by atoms with Gasteiger partial charge in [-0.1, -0.05) is 18.2 Å². The zero-order valence-corrected chi connectivity index (χ0v) is 17.6. The van der Waals surface area contributed by atoms with Crippen LogP contribution in [0.3, 0.4) is 0 Å². The van der Waals surface area contributed by atoms with Crippen LogP contribution < -0.4 is 10.1 Å². The monoisotopic (exact) mass is 412 g/mol. The Morgan fingerprint density at radius 2 is 1.70 bits per heavy atom. The predicted molar refractivity (Wildman–Crippen MR) is 114 cm³/mol. The molecule has 2 aromatic carbocycles. The highest BCUT2D eigenvalue weighted by molar-refractivity contribution is 5.94. The van der Waals surface area contributed by atoms with Gasteiger partial charge in [0.2, 0.25) is 5.91 Å². The van der Waals surface area contributed by atoms with E-state index < -0.39 is 0 Å². The number of halogens is 1. The molecular formula is C24H29FN2O3. The number of carbonyl (C=O) groups is 2. The molecule has 1 aliphatic rings. The van der Waals surface area contributed by atoms with Crippen LogP contribution >= 0.6 is 0 Å². The summed E-state index contributed by atoms with van der Waals surface area (Å²) in [5, 5.41) is 3.06. The number of rotatable bonds is 7. The maximum absolute atomic E-state index is 13.0. The minimum atomic E-state index is -0.354. The number of hydrogen-bond donors (Lipinski definition) is 1. The van der Waals surface area contributed by atoms with Crippen molar-refractivity contribution in [3.8, 4) is 5.75 Å². The van der Waals surface area contributed by atoms with E-state index in [0.29, 0.717) is 38.1 Å². The van der Waals surface area contributed by atoms with Crippen LogP contribution in [0.2, 0.25) is 0 Å². The first-order chi connectivity index (χ1) is 14.4. The smallest absolute Gasteiger partial charge is 0.253 e. The fourth-order valence-electron chi connectivity index (χ4n) is 3.74. The molecule has 1 heterocycles. The molecule has 0 atom stereocenters. The third-order valence-electron chi connectivity index (χ3n) is 5.44. The lowest BCUT2D eigenvalue weighted by atomic mass is 10.0. The SMILES string of the molecule is Cc1cccc(C)c1OCCCC(=O)NC1CCN(C(=O)c2ccc(F)cc2)CC1. The van der Waals surface area contributed by atoms with E-state index in [1.54, 1.807) is 4.90 Å². The van der Waals surface area contributed by atoms with Crippen LogP contribution in [0.5, 0.6) is 5.75 Å². The molecule has 0 radical (unpaired) electrons. The van der Waals surface area contributed by atoms with Crippen molar-refractivity contribution < 1.29 is 18.7 Å². The Kier molecular flexibility index (Phi) is 7.44. The molecule has 1 aliphatic heterocycles. The van der Waals surface area contributed by atoms with Crippen molar-refractivity contribution >= 4 is 11.8 Å². The molecule has 6 heteroatoms. The molecule has 30 heavy (non-hydrogen) atoms. The van der Waals surface area contributed by atoms with E-state index in [2.05, 4.69) is 5.32 Å². The van der Waals surface area contributed by atoms with Crippen LogP contribution in [0.1, 0.15) is 47.2 Å². The van der Waals surface area contributed by atoms with Crippen molar-refractivity contribution in [3.05, 3.63) is 65.0 Å². The van der Waals surface area contributed by atoms with Crippen molar-refractivity contribution in [2.75, 3.05) is 19.7 Å².